The van der Waals surface area contributed by atoms with Crippen molar-refractivity contribution in [1.29, 1.82) is 0 Å². The van der Waals surface area contributed by atoms with Gasteiger partial charge < -0.3 is 18.8 Å². The number of aryl methyl sites for hydroxylation is 1. The first kappa shape index (κ1) is 33.4. The predicted octanol–water partition coefficient (Wildman–Crippen LogP) is 8.14. The van der Waals surface area contributed by atoms with E-state index in [0.29, 0.717) is 35.1 Å². The summed E-state index contributed by atoms with van der Waals surface area (Å²) < 4.78 is 33.6. The molecule has 3 aliphatic carbocycles. The summed E-state index contributed by atoms with van der Waals surface area (Å²) in [5.74, 6) is -2.29. The lowest BCUT2D eigenvalue weighted by atomic mass is 9.57. The molecule has 1 N–H and O–H groups in total. The number of hydrogen-bond donors (Lipinski definition) is 1. The summed E-state index contributed by atoms with van der Waals surface area (Å²) in [5, 5.41) is 17.5. The highest BCUT2D eigenvalue weighted by Crippen LogP contribution is 2.59. The number of ether oxygens (including phenoxy) is 1. The van der Waals surface area contributed by atoms with Crippen LogP contribution < -0.4 is 4.74 Å². The Kier molecular flexibility index (Phi) is 7.81. The first-order valence-corrected chi connectivity index (χ1v) is 19.8. The minimum atomic E-state index is -2.85. The van der Waals surface area contributed by atoms with Gasteiger partial charge in [0, 0.05) is 17.1 Å². The number of aromatic nitrogens is 1. The van der Waals surface area contributed by atoms with E-state index in [-0.39, 0.29) is 46.2 Å². The molecule has 0 aliphatic heterocycles. The normalized spacial score (nSPS) is 23.8. The number of aliphatic hydroxyl groups excluding tert-OH is 1. The molecule has 3 aliphatic rings. The van der Waals surface area contributed by atoms with Crippen LogP contribution in [0.1, 0.15) is 71.6 Å². The number of rotatable bonds is 6. The van der Waals surface area contributed by atoms with Crippen LogP contribution in [0.5, 0.6) is 5.88 Å². The van der Waals surface area contributed by atoms with Crippen LogP contribution in [0, 0.1) is 24.6 Å². The number of halogens is 1. The highest BCUT2D eigenvalue weighted by atomic mass is 28.4. The van der Waals surface area contributed by atoms with Gasteiger partial charge in [0.2, 0.25) is 11.6 Å². The molecule has 0 bridgehead atoms. The molecule has 8 nitrogen and oxygen atoms in total. The average molecular weight is 683 g/mol. The number of fused-ring (bicyclic) bond motifs is 5. The number of carbonyl (C=O) groups is 2. The summed E-state index contributed by atoms with van der Waals surface area (Å²) in [6.07, 6.45) is 0.860. The van der Waals surface area contributed by atoms with Gasteiger partial charge in [-0.2, -0.15) is 0 Å². The van der Waals surface area contributed by atoms with E-state index in [4.69, 9.17) is 13.7 Å². The summed E-state index contributed by atoms with van der Waals surface area (Å²) >= 11 is 0. The Hall–Kier alpha value is -4.12. The van der Waals surface area contributed by atoms with Crippen molar-refractivity contribution in [3.8, 4) is 5.88 Å². The number of nitrogens with zero attached hydrogens (tertiary/aromatic N) is 2. The summed E-state index contributed by atoms with van der Waals surface area (Å²) in [4.78, 5) is 32.7. The fourth-order valence-corrected chi connectivity index (χ4v) is 9.42. The second-order valence-electron chi connectivity index (χ2n) is 15.6. The number of aliphatic hydroxyl groups is 1. The van der Waals surface area contributed by atoms with Gasteiger partial charge in [-0.05, 0) is 103 Å². The third-order valence-electron chi connectivity index (χ3n) is 11.4. The molecule has 256 valence electrons. The topological polar surface area (TPSA) is 102 Å². The molecule has 0 saturated heterocycles. The smallest absolute Gasteiger partial charge is 0.265 e. The van der Waals surface area contributed by atoms with Gasteiger partial charge >= 0.3 is 0 Å². The Morgan fingerprint density at radius 2 is 1.78 bits per heavy atom. The van der Waals surface area contributed by atoms with E-state index in [1.165, 1.54) is 12.1 Å². The largest absolute Gasteiger partial charge is 0.507 e. The highest BCUT2D eigenvalue weighted by Gasteiger charge is 2.68. The van der Waals surface area contributed by atoms with Gasteiger partial charge in [-0.25, -0.2) is 4.39 Å². The molecule has 1 saturated carbocycles. The van der Waals surface area contributed by atoms with Gasteiger partial charge in [0.1, 0.15) is 23.7 Å². The van der Waals surface area contributed by atoms with Crippen molar-refractivity contribution < 1.29 is 32.8 Å². The van der Waals surface area contributed by atoms with Gasteiger partial charge in [-0.1, -0.05) is 63.2 Å². The van der Waals surface area contributed by atoms with Crippen molar-refractivity contribution in [3.63, 3.8) is 0 Å². The van der Waals surface area contributed by atoms with Crippen LogP contribution in [0.25, 0.3) is 16.5 Å². The van der Waals surface area contributed by atoms with E-state index >= 15 is 9.59 Å². The fourth-order valence-electron chi connectivity index (χ4n) is 7.97. The van der Waals surface area contributed by atoms with Crippen LogP contribution in [0.3, 0.4) is 0 Å². The first-order valence-electron chi connectivity index (χ1n) is 16.8. The van der Waals surface area contributed by atoms with Crippen molar-refractivity contribution in [1.82, 2.24) is 10.1 Å². The van der Waals surface area contributed by atoms with E-state index in [1.807, 2.05) is 75.4 Å². The van der Waals surface area contributed by atoms with Gasteiger partial charge in [0.25, 0.3) is 5.88 Å². The number of ketones is 2. The van der Waals surface area contributed by atoms with Gasteiger partial charge in [-0.15, -0.1) is 0 Å². The summed E-state index contributed by atoms with van der Waals surface area (Å²) in [6, 6.07) is 15.6. The molecular formula is C39H43FN2O6Si. The lowest BCUT2D eigenvalue weighted by Crippen LogP contribution is -2.68. The van der Waals surface area contributed by atoms with Gasteiger partial charge in [0.05, 0.1) is 6.04 Å². The van der Waals surface area contributed by atoms with E-state index in [9.17, 15) is 9.50 Å². The molecule has 0 spiro atoms. The second-order valence-corrected chi connectivity index (χ2v) is 20.3. The van der Waals surface area contributed by atoms with Crippen LogP contribution in [-0.4, -0.2) is 54.7 Å². The second kappa shape index (κ2) is 11.5. The number of Topliss-reactive ketones (excluding diaryl/α,β-unsaturated/α-hetero) is 2. The number of benzene rings is 3. The third-order valence-corrected chi connectivity index (χ3v) is 15.8. The maximum atomic E-state index is 15.5. The van der Waals surface area contributed by atoms with Crippen molar-refractivity contribution in [2.45, 2.75) is 76.9 Å². The highest BCUT2D eigenvalue weighted by molar-refractivity contribution is 6.74. The van der Waals surface area contributed by atoms with E-state index in [1.54, 1.807) is 6.07 Å². The van der Waals surface area contributed by atoms with E-state index in [0.717, 1.165) is 16.5 Å². The lowest BCUT2D eigenvalue weighted by molar-refractivity contribution is -0.140. The molecule has 0 radical (unpaired) electrons. The molecule has 1 fully saturated rings. The Balaban J connectivity index is 1.44. The molecule has 10 heteroatoms. The standard InChI is InChI=1S/C39H43FN2O6Si/c1-21-27-19-26(40)15-14-23(27)16-24-17-25-18-28-32(42(5)6)34-31(37(41-47-34)46-20-22-12-10-9-11-13-22)36(45)39(28,48-49(7,8)38(2,3)4)35(44)30(25)33(43)29(21)24/h9-16,19,25,28,32,43H,17-18,20H2,1-8H3/t25-,28-,32-,39-/m0/s1. The van der Waals surface area contributed by atoms with E-state index in [2.05, 4.69) is 25.9 Å². The first-order chi connectivity index (χ1) is 23.1. The molecule has 7 rings (SSSR count). The van der Waals surface area contributed by atoms with Crippen LogP contribution in [0.15, 0.2) is 64.7 Å². The zero-order chi connectivity index (χ0) is 35.2. The van der Waals surface area contributed by atoms with Crippen LogP contribution in [0.2, 0.25) is 18.1 Å². The summed E-state index contributed by atoms with van der Waals surface area (Å²) in [6.45, 7) is 12.2. The minimum Gasteiger partial charge on any atom is -0.507 e. The van der Waals surface area contributed by atoms with Crippen molar-refractivity contribution in [2.24, 2.45) is 11.8 Å². The Labute approximate surface area is 287 Å². The SMILES string of the molecule is Cc1c2c(cc3ccc(F)cc13)C[C@H]1C[C@H]3[C@H](N(C)C)c4onc(OCc5ccccc5)c4C(=O)[C@@]3(O[Si](C)(C)C(C)(C)C)C(=O)C1=C2O. The predicted molar refractivity (Wildman–Crippen MR) is 188 cm³/mol. The average Bonchev–Trinajstić information content (AvgIpc) is 3.45. The lowest BCUT2D eigenvalue weighted by Gasteiger charge is -2.55. The molecule has 49 heavy (non-hydrogen) atoms. The fraction of sp³-hybridized carbons (Fsp3) is 0.410. The van der Waals surface area contributed by atoms with Gasteiger partial charge in [0.15, 0.2) is 19.7 Å². The molecule has 1 aromatic heterocycles. The van der Waals surface area contributed by atoms with E-state index < -0.39 is 37.4 Å². The quantitative estimate of drug-likeness (QED) is 0.161. The van der Waals surface area contributed by atoms with Crippen LogP contribution >= 0.6 is 0 Å². The number of hydrogen-bond acceptors (Lipinski definition) is 8. The molecule has 0 amide bonds. The molecule has 1 heterocycles. The molecule has 4 atom stereocenters. The zero-order valence-electron chi connectivity index (χ0n) is 29.3. The Morgan fingerprint density at radius 1 is 1.06 bits per heavy atom. The summed E-state index contributed by atoms with van der Waals surface area (Å²) in [7, 11) is 0.942. The maximum absolute atomic E-state index is 15.5. The third kappa shape index (κ3) is 5.01. The molecular weight excluding hydrogens is 640 g/mol. The maximum Gasteiger partial charge on any atom is 0.265 e. The Bertz CT molecular complexity index is 2050. The van der Waals surface area contributed by atoms with Gasteiger partial charge in [-0.3, -0.25) is 14.5 Å². The van der Waals surface area contributed by atoms with Crippen molar-refractivity contribution >= 4 is 36.4 Å². The van der Waals surface area contributed by atoms with Crippen molar-refractivity contribution in [3.05, 3.63) is 99.6 Å². The number of carbonyl (C=O) groups excluding carboxylic acids is 2. The van der Waals surface area contributed by atoms with Crippen LogP contribution in [0.4, 0.5) is 4.39 Å². The molecule has 3 aromatic carbocycles. The zero-order valence-corrected chi connectivity index (χ0v) is 30.3. The Morgan fingerprint density at radius 3 is 2.45 bits per heavy atom. The summed E-state index contributed by atoms with van der Waals surface area (Å²) in [5.41, 5.74) is 1.30. The minimum absolute atomic E-state index is 0.0128. The molecule has 4 aromatic rings. The van der Waals surface area contributed by atoms with Crippen molar-refractivity contribution in [2.75, 3.05) is 14.1 Å². The monoisotopic (exact) mass is 682 g/mol. The van der Waals surface area contributed by atoms with Crippen LogP contribution in [-0.2, 0) is 22.2 Å². The molecule has 0 unspecified atom stereocenters.